The first-order valence-corrected chi connectivity index (χ1v) is 3.77. The Bertz CT molecular complexity index is 273. The number of fused-ring (bicyclic) bond motifs is 1. The van der Waals surface area contributed by atoms with Crippen molar-refractivity contribution in [3.05, 3.63) is 23.5 Å². The summed E-state index contributed by atoms with van der Waals surface area (Å²) in [6.07, 6.45) is 4.18. The molecule has 1 aliphatic heterocycles. The van der Waals surface area contributed by atoms with Gasteiger partial charge in [0, 0.05) is 11.5 Å². The fourth-order valence-electron chi connectivity index (χ4n) is 1.67. The quantitative estimate of drug-likeness (QED) is 0.528. The molecule has 2 heteroatoms. The molecular weight excluding hydrogens is 140 g/mol. The minimum atomic E-state index is 0.138. The highest BCUT2D eigenvalue weighted by Gasteiger charge is 2.38. The number of ketones is 1. The van der Waals surface area contributed by atoms with Gasteiger partial charge in [-0.3, -0.25) is 4.79 Å². The highest BCUT2D eigenvalue weighted by atomic mass is 16.5. The van der Waals surface area contributed by atoms with Crippen LogP contribution < -0.4 is 0 Å². The molecule has 2 atom stereocenters. The van der Waals surface area contributed by atoms with Crippen molar-refractivity contribution in [1.29, 1.82) is 0 Å². The molecule has 58 valence electrons. The zero-order valence-electron chi connectivity index (χ0n) is 6.63. The fraction of sp³-hybridized carbons (Fsp3) is 0.444. The van der Waals surface area contributed by atoms with E-state index in [0.717, 1.165) is 11.3 Å². The van der Waals surface area contributed by atoms with Crippen LogP contribution in [-0.2, 0) is 9.53 Å². The molecule has 2 unspecified atom stereocenters. The summed E-state index contributed by atoms with van der Waals surface area (Å²) in [5, 5.41) is 0. The lowest BCUT2D eigenvalue weighted by Gasteiger charge is -2.21. The topological polar surface area (TPSA) is 26.3 Å². The third-order valence-electron chi connectivity index (χ3n) is 2.27. The molecule has 0 aromatic carbocycles. The van der Waals surface area contributed by atoms with Gasteiger partial charge >= 0.3 is 0 Å². The van der Waals surface area contributed by atoms with Crippen LogP contribution in [0, 0.1) is 5.92 Å². The number of carbonyl (C=O) groups excluding carboxylic acids is 1. The molecule has 0 aromatic rings. The molecule has 2 aliphatic rings. The van der Waals surface area contributed by atoms with Crippen molar-refractivity contribution >= 4 is 5.78 Å². The van der Waals surface area contributed by atoms with Crippen LogP contribution in [0.2, 0.25) is 0 Å². The van der Waals surface area contributed by atoms with Gasteiger partial charge in [0.2, 0.25) is 0 Å². The predicted molar refractivity (Wildman–Crippen MR) is 40.9 cm³/mol. The normalized spacial score (nSPS) is 32.9. The Hall–Kier alpha value is -1.05. The Kier molecular flexibility index (Phi) is 1.19. The molecule has 0 spiro atoms. The number of allylic oxidation sites excluding steroid dienone is 1. The Labute approximate surface area is 65.5 Å². The van der Waals surface area contributed by atoms with E-state index >= 15 is 0 Å². The van der Waals surface area contributed by atoms with E-state index in [9.17, 15) is 4.79 Å². The Morgan fingerprint density at radius 3 is 2.55 bits per heavy atom. The average molecular weight is 150 g/mol. The summed E-state index contributed by atoms with van der Waals surface area (Å²) in [6.45, 7) is 3.45. The standard InChI is InChI=1S/C9H10O2/c1-5(10)9-6(2)11-8-4-3-7(8)9/h3-4,7-8H,1-2H3. The molecule has 1 aliphatic carbocycles. The Balaban J connectivity index is 2.34. The highest BCUT2D eigenvalue weighted by molar-refractivity contribution is 5.95. The first-order valence-electron chi connectivity index (χ1n) is 3.77. The summed E-state index contributed by atoms with van der Waals surface area (Å²) in [7, 11) is 0. The second-order valence-corrected chi connectivity index (χ2v) is 3.02. The second kappa shape index (κ2) is 1.97. The Morgan fingerprint density at radius 1 is 1.55 bits per heavy atom. The molecule has 11 heavy (non-hydrogen) atoms. The highest BCUT2D eigenvalue weighted by Crippen LogP contribution is 2.38. The van der Waals surface area contributed by atoms with Gasteiger partial charge in [0.25, 0.3) is 0 Å². The smallest absolute Gasteiger partial charge is 0.159 e. The van der Waals surface area contributed by atoms with E-state index in [1.807, 2.05) is 19.1 Å². The van der Waals surface area contributed by atoms with E-state index in [4.69, 9.17) is 4.74 Å². The van der Waals surface area contributed by atoms with Gasteiger partial charge in [-0.2, -0.15) is 0 Å². The molecule has 0 bridgehead atoms. The first-order chi connectivity index (χ1) is 5.20. The van der Waals surface area contributed by atoms with Gasteiger partial charge in [-0.1, -0.05) is 6.08 Å². The van der Waals surface area contributed by atoms with Crippen molar-refractivity contribution in [1.82, 2.24) is 0 Å². The number of Topliss-reactive ketones (excluding diaryl/α,β-unsaturated/α-hetero) is 1. The van der Waals surface area contributed by atoms with Crippen molar-refractivity contribution < 1.29 is 9.53 Å². The summed E-state index contributed by atoms with van der Waals surface area (Å²) in [6, 6.07) is 0. The van der Waals surface area contributed by atoms with Gasteiger partial charge < -0.3 is 4.74 Å². The van der Waals surface area contributed by atoms with Gasteiger partial charge in [0.1, 0.15) is 11.9 Å². The molecule has 1 heterocycles. The van der Waals surface area contributed by atoms with E-state index in [0.29, 0.717) is 0 Å². The van der Waals surface area contributed by atoms with Crippen molar-refractivity contribution in [2.45, 2.75) is 20.0 Å². The number of rotatable bonds is 1. The van der Waals surface area contributed by atoms with Gasteiger partial charge in [-0.25, -0.2) is 0 Å². The zero-order chi connectivity index (χ0) is 8.01. The summed E-state index contributed by atoms with van der Waals surface area (Å²) in [4.78, 5) is 11.1. The number of ether oxygens (including phenoxy) is 1. The van der Waals surface area contributed by atoms with Crippen LogP contribution in [-0.4, -0.2) is 11.9 Å². The molecule has 0 radical (unpaired) electrons. The van der Waals surface area contributed by atoms with Gasteiger partial charge in [0.05, 0.1) is 0 Å². The lowest BCUT2D eigenvalue weighted by Crippen LogP contribution is -2.23. The largest absolute Gasteiger partial charge is 0.490 e. The zero-order valence-corrected chi connectivity index (χ0v) is 6.63. The summed E-state index contributed by atoms with van der Waals surface area (Å²) >= 11 is 0. The summed E-state index contributed by atoms with van der Waals surface area (Å²) in [5.74, 6) is 1.20. The molecule has 2 nitrogen and oxygen atoms in total. The monoisotopic (exact) mass is 150 g/mol. The number of hydrogen-bond donors (Lipinski definition) is 0. The fourth-order valence-corrected chi connectivity index (χ4v) is 1.67. The second-order valence-electron chi connectivity index (χ2n) is 3.02. The molecule has 0 amide bonds. The van der Waals surface area contributed by atoms with Crippen molar-refractivity contribution in [2.24, 2.45) is 5.92 Å². The molecule has 0 saturated carbocycles. The van der Waals surface area contributed by atoms with Crippen LogP contribution in [0.15, 0.2) is 23.5 Å². The van der Waals surface area contributed by atoms with Crippen LogP contribution in [0.5, 0.6) is 0 Å². The minimum absolute atomic E-state index is 0.138. The van der Waals surface area contributed by atoms with E-state index in [2.05, 4.69) is 0 Å². The van der Waals surface area contributed by atoms with E-state index in [1.54, 1.807) is 6.92 Å². The molecule has 2 rings (SSSR count). The number of carbonyl (C=O) groups is 1. The number of hydrogen-bond acceptors (Lipinski definition) is 2. The molecule has 0 N–H and O–H groups in total. The maximum absolute atomic E-state index is 11.1. The Morgan fingerprint density at radius 2 is 2.27 bits per heavy atom. The minimum Gasteiger partial charge on any atom is -0.490 e. The lowest BCUT2D eigenvalue weighted by atomic mass is 9.84. The molecule has 0 saturated heterocycles. The average Bonchev–Trinajstić information content (AvgIpc) is 2.10. The van der Waals surface area contributed by atoms with Crippen LogP contribution in [0.3, 0.4) is 0 Å². The predicted octanol–water partition coefficient (Wildman–Crippen LogP) is 1.43. The van der Waals surface area contributed by atoms with Crippen molar-refractivity contribution in [3.8, 4) is 0 Å². The molecule has 0 aromatic heterocycles. The SMILES string of the molecule is CC(=O)C1=C(C)OC2C=CC12. The lowest BCUT2D eigenvalue weighted by molar-refractivity contribution is -0.114. The van der Waals surface area contributed by atoms with Crippen molar-refractivity contribution in [3.63, 3.8) is 0 Å². The molecular formula is C9H10O2. The first kappa shape index (κ1) is 6.65. The van der Waals surface area contributed by atoms with Crippen molar-refractivity contribution in [2.75, 3.05) is 0 Å². The van der Waals surface area contributed by atoms with E-state index in [1.165, 1.54) is 0 Å². The third kappa shape index (κ3) is 0.754. The maximum atomic E-state index is 11.1. The third-order valence-corrected chi connectivity index (χ3v) is 2.27. The summed E-state index contributed by atoms with van der Waals surface area (Å²) in [5.41, 5.74) is 0.859. The van der Waals surface area contributed by atoms with E-state index < -0.39 is 0 Å². The van der Waals surface area contributed by atoms with Crippen LogP contribution in [0.4, 0.5) is 0 Å². The van der Waals surface area contributed by atoms with Gasteiger partial charge in [-0.05, 0) is 19.9 Å². The van der Waals surface area contributed by atoms with Gasteiger partial charge in [-0.15, -0.1) is 0 Å². The maximum Gasteiger partial charge on any atom is 0.159 e. The van der Waals surface area contributed by atoms with E-state index in [-0.39, 0.29) is 17.8 Å². The van der Waals surface area contributed by atoms with Gasteiger partial charge in [0.15, 0.2) is 5.78 Å². The van der Waals surface area contributed by atoms with Crippen LogP contribution >= 0.6 is 0 Å². The molecule has 0 fully saturated rings. The van der Waals surface area contributed by atoms with Crippen LogP contribution in [0.1, 0.15) is 13.8 Å². The van der Waals surface area contributed by atoms with Crippen LogP contribution in [0.25, 0.3) is 0 Å². The summed E-state index contributed by atoms with van der Waals surface area (Å²) < 4.78 is 5.41.